The summed E-state index contributed by atoms with van der Waals surface area (Å²) < 4.78 is 0. The van der Waals surface area contributed by atoms with E-state index in [1.54, 1.807) is 51.4 Å². The topological polar surface area (TPSA) is 0 Å². The van der Waals surface area contributed by atoms with Crippen LogP contribution in [0.25, 0.3) is 0 Å². The fraction of sp³-hybridized carbons (Fsp3) is 1.00. The Hall–Kier alpha value is 2.39. The Balaban J connectivity index is 0. The first-order valence-corrected chi connectivity index (χ1v) is 37.8. The summed E-state index contributed by atoms with van der Waals surface area (Å²) >= 11 is 0. The molecule has 0 aliphatic rings. The maximum Gasteiger partial charge on any atom is 0.0330 e. The Kier molecular flexibility index (Phi) is 23.7. The van der Waals surface area contributed by atoms with Crippen molar-refractivity contribution in [1.29, 1.82) is 0 Å². The van der Waals surface area contributed by atoms with Gasteiger partial charge in [-0.1, -0.05) is 97.3 Å². The minimum atomic E-state index is -0.392. The summed E-state index contributed by atoms with van der Waals surface area (Å²) in [4.78, 5) is 1.38. The number of hydrogen-bond acceptors (Lipinski definition) is 0. The van der Waals surface area contributed by atoms with E-state index in [1.807, 2.05) is 0 Å². The first-order chi connectivity index (χ1) is 12.7. The van der Waals surface area contributed by atoms with E-state index in [0.29, 0.717) is 18.6 Å². The number of hydrogen-bond donors (Lipinski definition) is 0. The largest absolute Gasteiger partial charge is 0.0769 e. The van der Waals surface area contributed by atoms with Crippen LogP contribution in [0.15, 0.2) is 0 Å². The van der Waals surface area contributed by atoms with Crippen molar-refractivity contribution in [3.63, 3.8) is 0 Å². The Morgan fingerprint density at radius 1 is 0.852 bits per heavy atom. The molecule has 0 saturated heterocycles. The third-order valence-electron chi connectivity index (χ3n) is 7.48. The molecule has 0 nitrogen and oxygen atoms in total. The van der Waals surface area contributed by atoms with Crippen LogP contribution in [0.3, 0.4) is 0 Å². The lowest BCUT2D eigenvalue weighted by Gasteiger charge is -2.33. The molecule has 166 valence electrons. The van der Waals surface area contributed by atoms with Gasteiger partial charge in [-0.2, -0.15) is 0 Å². The smallest absolute Gasteiger partial charge is 0.0330 e. The summed E-state index contributed by atoms with van der Waals surface area (Å²) in [6, 6.07) is 6.80. The summed E-state index contributed by atoms with van der Waals surface area (Å²) in [7, 11) is 5.57. The quantitative estimate of drug-likeness (QED) is 0.220. The molecule has 0 aromatic carbocycles. The molecule has 0 fully saturated rings. The molecule has 0 rings (SSSR count). The van der Waals surface area contributed by atoms with Crippen LogP contribution in [-0.4, -0.2) is 103 Å². The van der Waals surface area contributed by atoms with Crippen molar-refractivity contribution in [1.82, 2.24) is 0 Å². The molecule has 7 unspecified atom stereocenters. The van der Waals surface area contributed by atoms with Crippen molar-refractivity contribution in [2.24, 2.45) is 0 Å². The zero-order valence-corrected chi connectivity index (χ0v) is 38.0. The van der Waals surface area contributed by atoms with E-state index < -0.39 is 8.80 Å². The van der Waals surface area contributed by atoms with Gasteiger partial charge in [-0.05, 0) is 20.5 Å². The van der Waals surface area contributed by atoms with Crippen molar-refractivity contribution >= 4 is 103 Å². The lowest BCUT2D eigenvalue weighted by atomic mass is 10.5. The highest BCUT2D eigenvalue weighted by Crippen LogP contribution is 2.33. The van der Waals surface area contributed by atoms with Crippen LogP contribution in [0, 0.1) is 0 Å². The van der Waals surface area contributed by atoms with Crippen LogP contribution in [0.2, 0.25) is 97.3 Å². The second-order valence-electron chi connectivity index (χ2n) is 10.0. The minimum Gasteiger partial charge on any atom is -0.0769 e. The third-order valence-corrected chi connectivity index (χ3v) is 54.3. The van der Waals surface area contributed by atoms with Gasteiger partial charge >= 0.3 is 0 Å². The summed E-state index contributed by atoms with van der Waals surface area (Å²) in [6.45, 7) is 18.5. The lowest BCUT2D eigenvalue weighted by molar-refractivity contribution is 0.988. The van der Waals surface area contributed by atoms with Gasteiger partial charge in [0.1, 0.15) is 0 Å². The van der Waals surface area contributed by atoms with E-state index in [1.165, 1.54) is 41.1 Å². The van der Waals surface area contributed by atoms with Gasteiger partial charge in [-0.3, -0.25) is 0 Å². The van der Waals surface area contributed by atoms with Crippen molar-refractivity contribution in [3.05, 3.63) is 0 Å². The Labute approximate surface area is 199 Å². The molecule has 0 amide bonds. The summed E-state index contributed by atoms with van der Waals surface area (Å²) in [6.07, 6.45) is 0. The Morgan fingerprint density at radius 3 is 1.78 bits per heavy atom. The molecule has 27 heavy (non-hydrogen) atoms. The van der Waals surface area contributed by atoms with E-state index >= 15 is 0 Å². The van der Waals surface area contributed by atoms with Crippen molar-refractivity contribution in [2.45, 2.75) is 97.3 Å². The fourth-order valence-electron chi connectivity index (χ4n) is 4.35. The predicted octanol–water partition coefficient (Wildman–Crippen LogP) is -1.82. The van der Waals surface area contributed by atoms with Crippen LogP contribution in [-0.2, 0) is 0 Å². The minimum absolute atomic E-state index is 0.00772. The van der Waals surface area contributed by atoms with Gasteiger partial charge in [0.25, 0.3) is 0 Å². The van der Waals surface area contributed by atoms with E-state index in [2.05, 4.69) is 45.8 Å². The molecule has 11 heteroatoms. The molecular weight excluding hydrogens is 501 g/mol. The highest BCUT2D eigenvalue weighted by atomic mass is 29.2. The number of rotatable bonds is 14. The SMILES string of the molecule is C[SiH2]C[SiH](C)CC(C[SiH](C)C[SiH3])[SiH](C)C([SiH3])[SiH](C)C[SiH3].C[SiH2][SiH](C)CC[SiH3]. The molecule has 0 saturated carbocycles. The van der Waals surface area contributed by atoms with Crippen LogP contribution < -0.4 is 0 Å². The van der Waals surface area contributed by atoms with Crippen LogP contribution in [0.5, 0.6) is 0 Å². The molecule has 0 radical (unpaired) electrons. The molecule has 0 spiro atoms. The molecule has 0 aromatic heterocycles. The predicted molar refractivity (Wildman–Crippen MR) is 175 cm³/mol. The van der Waals surface area contributed by atoms with Crippen LogP contribution in [0.1, 0.15) is 0 Å². The third kappa shape index (κ3) is 16.7. The summed E-state index contributed by atoms with van der Waals surface area (Å²) in [5.41, 5.74) is 6.48. The van der Waals surface area contributed by atoms with Crippen molar-refractivity contribution < 1.29 is 0 Å². The van der Waals surface area contributed by atoms with E-state index in [9.17, 15) is 0 Å². The normalized spacial score (nSPS) is 20.6. The molecule has 0 heterocycles. The van der Waals surface area contributed by atoms with Gasteiger partial charge in [0, 0.05) is 82.5 Å². The van der Waals surface area contributed by atoms with E-state index in [4.69, 9.17) is 0 Å². The maximum absolute atomic E-state index is 2.82. The van der Waals surface area contributed by atoms with E-state index in [-0.39, 0.29) is 34.7 Å². The van der Waals surface area contributed by atoms with Gasteiger partial charge in [-0.15, -0.1) is 0 Å². The maximum atomic E-state index is 2.82. The van der Waals surface area contributed by atoms with Crippen LogP contribution >= 0.6 is 0 Å². The van der Waals surface area contributed by atoms with Gasteiger partial charge in [-0.25, -0.2) is 0 Å². The molecule has 7 atom stereocenters. The zero-order chi connectivity index (χ0) is 21.4. The van der Waals surface area contributed by atoms with E-state index in [0.717, 1.165) is 0 Å². The lowest BCUT2D eigenvalue weighted by Crippen LogP contribution is -2.36. The average molecular weight is 560 g/mol. The average Bonchev–Trinajstić information content (AvgIpc) is 2.66. The second kappa shape index (κ2) is 20.3. The first-order valence-electron chi connectivity index (χ1n) is 12.7. The Bertz CT molecular complexity index is 321. The molecule has 0 aromatic rings. The van der Waals surface area contributed by atoms with Gasteiger partial charge in [0.05, 0.1) is 0 Å². The summed E-state index contributed by atoms with van der Waals surface area (Å²) in [5, 5.41) is 0. The standard InChI is InChI=1S/C12H42Si8.C4H16Si3/c1-16-10-18(3)7-11(6-17(2)8-13)20(5)12(15)19(4)9-14;1-6-7(2)4-3-5/h11-12,17-20H,6-10,16H2,1-5,13-15H3;7H,3-4,6H2,1-2,5H3. The second-order valence-corrected chi connectivity index (χ2v) is 48.0. The molecule has 0 aliphatic carbocycles. The molecular formula is C16H58Si11. The zero-order valence-electron chi connectivity index (χ0n) is 21.4. The molecule has 0 bridgehead atoms. The first kappa shape index (κ1) is 31.6. The van der Waals surface area contributed by atoms with Crippen LogP contribution in [0.4, 0.5) is 0 Å². The molecule has 0 N–H and O–H groups in total. The molecule has 0 aliphatic heterocycles. The highest BCUT2D eigenvalue weighted by molar-refractivity contribution is 7.11. The van der Waals surface area contributed by atoms with Crippen molar-refractivity contribution in [3.8, 4) is 0 Å². The summed E-state index contributed by atoms with van der Waals surface area (Å²) in [5.74, 6) is 0. The van der Waals surface area contributed by atoms with Gasteiger partial charge in [0.2, 0.25) is 0 Å². The Morgan fingerprint density at radius 2 is 1.41 bits per heavy atom. The van der Waals surface area contributed by atoms with Crippen molar-refractivity contribution in [2.75, 3.05) is 0 Å². The highest BCUT2D eigenvalue weighted by Gasteiger charge is 2.29. The van der Waals surface area contributed by atoms with Gasteiger partial charge in [0.15, 0.2) is 0 Å². The fourth-order valence-corrected chi connectivity index (χ4v) is 46.1. The monoisotopic (exact) mass is 558 g/mol. The van der Waals surface area contributed by atoms with Gasteiger partial charge < -0.3 is 0 Å².